The van der Waals surface area contributed by atoms with E-state index in [1.54, 1.807) is 20.1 Å². The molecule has 1 rings (SSSR count). The number of nitrogens with one attached hydrogen (secondary N) is 1. The molecule has 0 fully saturated rings. The van der Waals surface area contributed by atoms with Gasteiger partial charge in [0.2, 0.25) is 5.76 Å². The van der Waals surface area contributed by atoms with E-state index < -0.39 is 5.97 Å². The van der Waals surface area contributed by atoms with Gasteiger partial charge in [0.05, 0.1) is 6.61 Å². The molecule has 18 heavy (non-hydrogen) atoms. The Labute approximate surface area is 107 Å². The van der Waals surface area contributed by atoms with Crippen LogP contribution in [0.15, 0.2) is 10.5 Å². The summed E-state index contributed by atoms with van der Waals surface area (Å²) in [5.74, 6) is -0.401. The molecular formula is C13H21NO4. The number of aryl methyl sites for hydroxylation is 1. The van der Waals surface area contributed by atoms with Crippen LogP contribution in [-0.4, -0.2) is 30.8 Å². The lowest BCUT2D eigenvalue weighted by Gasteiger charge is -2.16. The molecule has 1 atom stereocenters. The molecule has 0 spiro atoms. The second-order valence-corrected chi connectivity index (χ2v) is 4.32. The zero-order valence-electron chi connectivity index (χ0n) is 11.2. The second-order valence-electron chi connectivity index (χ2n) is 4.32. The van der Waals surface area contributed by atoms with Crippen molar-refractivity contribution in [2.75, 3.05) is 13.7 Å². The van der Waals surface area contributed by atoms with E-state index in [-0.39, 0.29) is 11.8 Å². The molecule has 0 saturated carbocycles. The zero-order valence-corrected chi connectivity index (χ0v) is 11.2. The van der Waals surface area contributed by atoms with Gasteiger partial charge < -0.3 is 19.6 Å². The molecule has 1 heterocycles. The summed E-state index contributed by atoms with van der Waals surface area (Å²) in [5, 5.41) is 12.2. The third-order valence-electron chi connectivity index (χ3n) is 2.82. The molecule has 2 N–H and O–H groups in total. The standard InChI is InChI=1S/C13H21NO4/c1-4-5-11(8-17-3)14-7-10-6-12(13(15)16)18-9(10)2/h6,11,14H,4-5,7-8H2,1-3H3,(H,15,16). The van der Waals surface area contributed by atoms with Gasteiger partial charge in [0.25, 0.3) is 0 Å². The summed E-state index contributed by atoms with van der Waals surface area (Å²) in [4.78, 5) is 10.8. The van der Waals surface area contributed by atoms with E-state index in [1.165, 1.54) is 0 Å². The summed E-state index contributed by atoms with van der Waals surface area (Å²) >= 11 is 0. The van der Waals surface area contributed by atoms with Crippen LogP contribution in [0.4, 0.5) is 0 Å². The van der Waals surface area contributed by atoms with Gasteiger partial charge in [0, 0.05) is 25.3 Å². The second kappa shape index (κ2) is 7.18. The van der Waals surface area contributed by atoms with Crippen LogP contribution in [-0.2, 0) is 11.3 Å². The summed E-state index contributed by atoms with van der Waals surface area (Å²) in [5.41, 5.74) is 0.879. The van der Waals surface area contributed by atoms with Gasteiger partial charge in [-0.2, -0.15) is 0 Å². The molecule has 0 bridgehead atoms. The van der Waals surface area contributed by atoms with Crippen LogP contribution < -0.4 is 5.32 Å². The van der Waals surface area contributed by atoms with Crippen molar-refractivity contribution >= 4 is 5.97 Å². The predicted molar refractivity (Wildman–Crippen MR) is 67.8 cm³/mol. The van der Waals surface area contributed by atoms with Gasteiger partial charge in [0.1, 0.15) is 5.76 Å². The molecule has 1 unspecified atom stereocenters. The van der Waals surface area contributed by atoms with Gasteiger partial charge in [-0.25, -0.2) is 4.79 Å². The van der Waals surface area contributed by atoms with Gasteiger partial charge in [-0.3, -0.25) is 0 Å². The van der Waals surface area contributed by atoms with Gasteiger partial charge in [-0.1, -0.05) is 13.3 Å². The van der Waals surface area contributed by atoms with Gasteiger partial charge in [0.15, 0.2) is 0 Å². The van der Waals surface area contributed by atoms with E-state index >= 15 is 0 Å². The van der Waals surface area contributed by atoms with Gasteiger partial charge >= 0.3 is 5.97 Å². The van der Waals surface area contributed by atoms with Gasteiger partial charge in [-0.15, -0.1) is 0 Å². The minimum absolute atomic E-state index is 0.0110. The van der Waals surface area contributed by atoms with E-state index in [0.29, 0.717) is 18.9 Å². The first-order valence-electron chi connectivity index (χ1n) is 6.13. The highest BCUT2D eigenvalue weighted by atomic mass is 16.5. The highest BCUT2D eigenvalue weighted by Crippen LogP contribution is 2.15. The molecule has 0 aliphatic heterocycles. The lowest BCUT2D eigenvalue weighted by Crippen LogP contribution is -2.32. The van der Waals surface area contributed by atoms with E-state index in [4.69, 9.17) is 14.3 Å². The number of furan rings is 1. The zero-order chi connectivity index (χ0) is 13.5. The van der Waals surface area contributed by atoms with Gasteiger partial charge in [-0.05, 0) is 19.4 Å². The Balaban J connectivity index is 2.58. The Morgan fingerprint density at radius 2 is 2.33 bits per heavy atom. The first kappa shape index (κ1) is 14.7. The molecule has 0 saturated heterocycles. The third-order valence-corrected chi connectivity index (χ3v) is 2.82. The van der Waals surface area contributed by atoms with Crippen molar-refractivity contribution in [2.45, 2.75) is 39.3 Å². The van der Waals surface area contributed by atoms with Crippen molar-refractivity contribution in [3.05, 3.63) is 23.2 Å². The molecule has 0 radical (unpaired) electrons. The molecule has 0 aliphatic rings. The molecule has 5 heteroatoms. The summed E-state index contributed by atoms with van der Waals surface area (Å²) < 4.78 is 10.3. The number of carbonyl (C=O) groups is 1. The Kier molecular flexibility index (Phi) is 5.88. The molecule has 1 aromatic heterocycles. The van der Waals surface area contributed by atoms with Crippen molar-refractivity contribution < 1.29 is 19.1 Å². The average molecular weight is 255 g/mol. The number of carboxylic acid groups (broad SMARTS) is 1. The molecular weight excluding hydrogens is 234 g/mol. The largest absolute Gasteiger partial charge is 0.475 e. The third kappa shape index (κ3) is 4.16. The van der Waals surface area contributed by atoms with E-state index in [0.717, 1.165) is 18.4 Å². The van der Waals surface area contributed by atoms with E-state index in [9.17, 15) is 4.79 Å². The van der Waals surface area contributed by atoms with Crippen molar-refractivity contribution in [1.82, 2.24) is 5.32 Å². The van der Waals surface area contributed by atoms with Crippen LogP contribution in [0.3, 0.4) is 0 Å². The van der Waals surface area contributed by atoms with E-state index in [1.807, 2.05) is 0 Å². The Morgan fingerprint density at radius 3 is 2.83 bits per heavy atom. The number of carboxylic acids is 1. The maximum atomic E-state index is 10.8. The van der Waals surface area contributed by atoms with Crippen LogP contribution in [0.2, 0.25) is 0 Å². The van der Waals surface area contributed by atoms with Crippen molar-refractivity contribution in [1.29, 1.82) is 0 Å². The normalized spacial score (nSPS) is 12.6. The average Bonchev–Trinajstić information content (AvgIpc) is 2.68. The van der Waals surface area contributed by atoms with Crippen LogP contribution in [0.1, 0.15) is 41.6 Å². The fraction of sp³-hybridized carbons (Fsp3) is 0.615. The lowest BCUT2D eigenvalue weighted by molar-refractivity contribution is 0.0661. The molecule has 0 aromatic carbocycles. The van der Waals surface area contributed by atoms with E-state index in [2.05, 4.69) is 12.2 Å². The first-order chi connectivity index (χ1) is 8.58. The smallest absolute Gasteiger partial charge is 0.371 e. The van der Waals surface area contributed by atoms with Crippen molar-refractivity contribution in [3.63, 3.8) is 0 Å². The summed E-state index contributed by atoms with van der Waals surface area (Å²) in [7, 11) is 1.68. The van der Waals surface area contributed by atoms with Crippen LogP contribution in [0.25, 0.3) is 0 Å². The molecule has 1 aromatic rings. The van der Waals surface area contributed by atoms with Crippen LogP contribution in [0.5, 0.6) is 0 Å². The Bertz CT molecular complexity index is 380. The minimum Gasteiger partial charge on any atom is -0.475 e. The number of rotatable bonds is 8. The van der Waals surface area contributed by atoms with Crippen LogP contribution >= 0.6 is 0 Å². The lowest BCUT2D eigenvalue weighted by atomic mass is 10.1. The quantitative estimate of drug-likeness (QED) is 0.745. The Morgan fingerprint density at radius 1 is 1.61 bits per heavy atom. The fourth-order valence-corrected chi connectivity index (χ4v) is 1.85. The molecule has 5 nitrogen and oxygen atoms in total. The fourth-order valence-electron chi connectivity index (χ4n) is 1.85. The predicted octanol–water partition coefficient (Wildman–Crippen LogP) is 2.19. The summed E-state index contributed by atoms with van der Waals surface area (Å²) in [6, 6.07) is 1.85. The SMILES string of the molecule is CCCC(COC)NCc1cc(C(=O)O)oc1C. The maximum Gasteiger partial charge on any atom is 0.371 e. The van der Waals surface area contributed by atoms with Crippen molar-refractivity contribution in [2.24, 2.45) is 0 Å². The molecule has 0 aliphatic carbocycles. The maximum absolute atomic E-state index is 10.8. The summed E-state index contributed by atoms with van der Waals surface area (Å²) in [6.07, 6.45) is 2.10. The molecule has 102 valence electrons. The number of aromatic carboxylic acids is 1. The minimum atomic E-state index is -1.04. The van der Waals surface area contributed by atoms with Crippen molar-refractivity contribution in [3.8, 4) is 0 Å². The molecule has 0 amide bonds. The monoisotopic (exact) mass is 255 g/mol. The number of hydrogen-bond donors (Lipinski definition) is 2. The number of methoxy groups -OCH3 is 1. The highest BCUT2D eigenvalue weighted by Gasteiger charge is 2.14. The highest BCUT2D eigenvalue weighted by molar-refractivity contribution is 5.84. The number of hydrogen-bond acceptors (Lipinski definition) is 4. The summed E-state index contributed by atoms with van der Waals surface area (Å²) in [6.45, 7) is 5.14. The Hall–Kier alpha value is -1.33. The first-order valence-corrected chi connectivity index (χ1v) is 6.13. The number of ether oxygens (including phenoxy) is 1. The topological polar surface area (TPSA) is 71.7 Å². The van der Waals surface area contributed by atoms with Crippen LogP contribution in [0, 0.1) is 6.92 Å².